The van der Waals surface area contributed by atoms with E-state index >= 15 is 0 Å². The fourth-order valence-electron chi connectivity index (χ4n) is 3.01. The van der Waals surface area contributed by atoms with Crippen LogP contribution in [-0.2, 0) is 6.54 Å². The van der Waals surface area contributed by atoms with E-state index in [4.69, 9.17) is 5.73 Å². The van der Waals surface area contributed by atoms with Gasteiger partial charge in [0.05, 0.1) is 28.6 Å². The molecule has 23 heavy (non-hydrogen) atoms. The van der Waals surface area contributed by atoms with Gasteiger partial charge in [0, 0.05) is 31.2 Å². The summed E-state index contributed by atoms with van der Waals surface area (Å²) in [5, 5.41) is 25.1. The van der Waals surface area contributed by atoms with Crippen molar-refractivity contribution in [2.75, 3.05) is 23.7 Å². The van der Waals surface area contributed by atoms with E-state index in [-0.39, 0.29) is 6.10 Å². The summed E-state index contributed by atoms with van der Waals surface area (Å²) in [6.07, 6.45) is 3.97. The SMILES string of the molecule is CC(C)(O)CCn1cc2cc(N)c(N3CCC(O)CC3)cc2n1. The van der Waals surface area contributed by atoms with Gasteiger partial charge in [-0.15, -0.1) is 0 Å². The van der Waals surface area contributed by atoms with E-state index in [0.717, 1.165) is 48.2 Å². The molecule has 2 aromatic rings. The van der Waals surface area contributed by atoms with Gasteiger partial charge in [0.1, 0.15) is 0 Å². The first-order valence-electron chi connectivity index (χ1n) is 8.24. The fourth-order valence-corrected chi connectivity index (χ4v) is 3.01. The summed E-state index contributed by atoms with van der Waals surface area (Å²) in [5.74, 6) is 0. The molecule has 1 aliphatic rings. The maximum absolute atomic E-state index is 9.85. The van der Waals surface area contributed by atoms with Crippen molar-refractivity contribution in [1.29, 1.82) is 0 Å². The number of aliphatic hydroxyl groups excluding tert-OH is 1. The molecule has 4 N–H and O–H groups in total. The number of anilines is 2. The third-order valence-corrected chi connectivity index (χ3v) is 4.46. The van der Waals surface area contributed by atoms with E-state index in [2.05, 4.69) is 10.00 Å². The summed E-state index contributed by atoms with van der Waals surface area (Å²) in [6, 6.07) is 3.99. The van der Waals surface area contributed by atoms with Crippen LogP contribution >= 0.6 is 0 Å². The van der Waals surface area contributed by atoms with Gasteiger partial charge in [-0.05, 0) is 45.2 Å². The monoisotopic (exact) mass is 318 g/mol. The topological polar surface area (TPSA) is 87.5 Å². The van der Waals surface area contributed by atoms with Gasteiger partial charge in [0.2, 0.25) is 0 Å². The second kappa shape index (κ2) is 6.02. The van der Waals surface area contributed by atoms with Gasteiger partial charge in [0.15, 0.2) is 0 Å². The molecule has 0 atom stereocenters. The normalized spacial score (nSPS) is 17.1. The number of rotatable bonds is 4. The van der Waals surface area contributed by atoms with Crippen molar-refractivity contribution in [2.24, 2.45) is 0 Å². The maximum atomic E-state index is 9.85. The Bertz CT molecular complexity index is 682. The lowest BCUT2D eigenvalue weighted by Gasteiger charge is -2.32. The number of aliphatic hydroxyl groups is 2. The highest BCUT2D eigenvalue weighted by atomic mass is 16.3. The van der Waals surface area contributed by atoms with Gasteiger partial charge in [-0.25, -0.2) is 0 Å². The number of nitrogens with zero attached hydrogens (tertiary/aromatic N) is 3. The van der Waals surface area contributed by atoms with E-state index in [1.54, 1.807) is 13.8 Å². The van der Waals surface area contributed by atoms with Crippen molar-refractivity contribution in [3.8, 4) is 0 Å². The van der Waals surface area contributed by atoms with Gasteiger partial charge < -0.3 is 20.8 Å². The molecule has 0 saturated carbocycles. The predicted octanol–water partition coefficient (Wildman–Crippen LogP) is 1.74. The minimum atomic E-state index is -0.697. The smallest absolute Gasteiger partial charge is 0.0945 e. The Labute approximate surface area is 136 Å². The van der Waals surface area contributed by atoms with E-state index in [1.807, 2.05) is 23.0 Å². The first-order valence-corrected chi connectivity index (χ1v) is 8.24. The van der Waals surface area contributed by atoms with Crippen LogP contribution in [0.3, 0.4) is 0 Å². The Morgan fingerprint density at radius 1 is 1.30 bits per heavy atom. The number of hydrogen-bond donors (Lipinski definition) is 3. The van der Waals surface area contributed by atoms with Crippen LogP contribution in [0.5, 0.6) is 0 Å². The van der Waals surface area contributed by atoms with Gasteiger partial charge in [0.25, 0.3) is 0 Å². The number of benzene rings is 1. The molecule has 1 aromatic carbocycles. The first kappa shape index (κ1) is 16.1. The summed E-state index contributed by atoms with van der Waals surface area (Å²) in [6.45, 7) is 5.91. The lowest BCUT2D eigenvalue weighted by molar-refractivity contribution is 0.0651. The molecule has 1 aliphatic heterocycles. The zero-order chi connectivity index (χ0) is 16.6. The third-order valence-electron chi connectivity index (χ3n) is 4.46. The van der Waals surface area contributed by atoms with Crippen LogP contribution in [0, 0.1) is 0 Å². The van der Waals surface area contributed by atoms with Crippen molar-refractivity contribution in [3.05, 3.63) is 18.3 Å². The van der Waals surface area contributed by atoms with Gasteiger partial charge in [-0.1, -0.05) is 0 Å². The maximum Gasteiger partial charge on any atom is 0.0945 e. The molecule has 3 rings (SSSR count). The Balaban J connectivity index is 1.83. The number of hydrogen-bond acceptors (Lipinski definition) is 5. The molecule has 1 aromatic heterocycles. The Hall–Kier alpha value is -1.79. The highest BCUT2D eigenvalue weighted by Crippen LogP contribution is 2.30. The van der Waals surface area contributed by atoms with Crippen molar-refractivity contribution in [3.63, 3.8) is 0 Å². The molecule has 2 heterocycles. The van der Waals surface area contributed by atoms with E-state index < -0.39 is 5.60 Å². The van der Waals surface area contributed by atoms with Crippen molar-refractivity contribution in [2.45, 2.75) is 51.4 Å². The largest absolute Gasteiger partial charge is 0.397 e. The number of fused-ring (bicyclic) bond motifs is 1. The van der Waals surface area contributed by atoms with E-state index in [1.165, 1.54) is 0 Å². The Morgan fingerprint density at radius 2 is 2.00 bits per heavy atom. The van der Waals surface area contributed by atoms with Crippen molar-refractivity contribution < 1.29 is 10.2 Å². The molecule has 1 saturated heterocycles. The first-order chi connectivity index (χ1) is 10.8. The molecule has 126 valence electrons. The zero-order valence-electron chi connectivity index (χ0n) is 13.9. The molecule has 0 radical (unpaired) electrons. The standard InChI is InChI=1S/C17H26N4O2/c1-17(2,23)5-8-21-11-12-9-14(18)16(10-15(12)19-21)20-6-3-13(22)4-7-20/h9-11,13,22-23H,3-8,18H2,1-2H3. The Morgan fingerprint density at radius 3 is 2.65 bits per heavy atom. The average molecular weight is 318 g/mol. The summed E-state index contributed by atoms with van der Waals surface area (Å²) < 4.78 is 1.87. The molecular formula is C17H26N4O2. The van der Waals surface area contributed by atoms with E-state index in [0.29, 0.717) is 13.0 Å². The quantitative estimate of drug-likeness (QED) is 0.748. The molecule has 0 aliphatic carbocycles. The summed E-state index contributed by atoms with van der Waals surface area (Å²) in [4.78, 5) is 2.22. The van der Waals surface area contributed by atoms with Crippen LogP contribution in [0.4, 0.5) is 11.4 Å². The molecule has 0 unspecified atom stereocenters. The second-order valence-electron chi connectivity index (χ2n) is 7.14. The van der Waals surface area contributed by atoms with Crippen molar-refractivity contribution in [1.82, 2.24) is 9.78 Å². The minimum Gasteiger partial charge on any atom is -0.397 e. The Kier molecular flexibility index (Phi) is 4.21. The predicted molar refractivity (Wildman–Crippen MR) is 92.5 cm³/mol. The molecule has 0 amide bonds. The number of aromatic nitrogens is 2. The number of aryl methyl sites for hydroxylation is 1. The van der Waals surface area contributed by atoms with Crippen LogP contribution in [-0.4, -0.2) is 44.8 Å². The highest BCUT2D eigenvalue weighted by Gasteiger charge is 2.20. The van der Waals surface area contributed by atoms with Gasteiger partial charge in [-0.3, -0.25) is 4.68 Å². The van der Waals surface area contributed by atoms with Gasteiger partial charge >= 0.3 is 0 Å². The minimum absolute atomic E-state index is 0.197. The van der Waals surface area contributed by atoms with Crippen LogP contribution in [0.25, 0.3) is 10.9 Å². The van der Waals surface area contributed by atoms with Crippen LogP contribution in [0.15, 0.2) is 18.3 Å². The highest BCUT2D eigenvalue weighted by molar-refractivity contribution is 5.89. The molecule has 6 heteroatoms. The molecule has 0 spiro atoms. The van der Waals surface area contributed by atoms with Crippen LogP contribution in [0.1, 0.15) is 33.1 Å². The lowest BCUT2D eigenvalue weighted by Crippen LogP contribution is -2.36. The number of piperidine rings is 1. The van der Waals surface area contributed by atoms with Gasteiger partial charge in [-0.2, -0.15) is 5.10 Å². The number of nitrogens with two attached hydrogens (primary N) is 1. The molecule has 0 bridgehead atoms. The second-order valence-corrected chi connectivity index (χ2v) is 7.14. The lowest BCUT2D eigenvalue weighted by atomic mass is 10.1. The summed E-state index contributed by atoms with van der Waals surface area (Å²) in [5.41, 5.74) is 8.18. The molecule has 6 nitrogen and oxygen atoms in total. The summed E-state index contributed by atoms with van der Waals surface area (Å²) in [7, 11) is 0. The van der Waals surface area contributed by atoms with Crippen LogP contribution in [0.2, 0.25) is 0 Å². The molecular weight excluding hydrogens is 292 g/mol. The van der Waals surface area contributed by atoms with Crippen LogP contribution < -0.4 is 10.6 Å². The summed E-state index contributed by atoms with van der Waals surface area (Å²) >= 11 is 0. The average Bonchev–Trinajstić information content (AvgIpc) is 2.86. The van der Waals surface area contributed by atoms with E-state index in [9.17, 15) is 10.2 Å². The number of nitrogen functional groups attached to an aromatic ring is 1. The van der Waals surface area contributed by atoms with Crippen molar-refractivity contribution >= 4 is 22.3 Å². The molecule has 1 fully saturated rings. The fraction of sp³-hybridized carbons (Fsp3) is 0.588. The third kappa shape index (κ3) is 3.76. The zero-order valence-corrected chi connectivity index (χ0v) is 13.9.